The number of nitrogens with zero attached hydrogens (tertiary/aromatic N) is 1. The third-order valence-electron chi connectivity index (χ3n) is 4.21. The first-order valence-electron chi connectivity index (χ1n) is 7.70. The Kier molecular flexibility index (Phi) is 4.09. The van der Waals surface area contributed by atoms with Crippen LogP contribution in [0.5, 0.6) is 5.75 Å². The van der Waals surface area contributed by atoms with Crippen molar-refractivity contribution in [1.82, 2.24) is 0 Å². The Bertz CT molecular complexity index is 757. The van der Waals surface area contributed by atoms with Gasteiger partial charge >= 0.3 is 0 Å². The van der Waals surface area contributed by atoms with E-state index < -0.39 is 17.6 Å². The second kappa shape index (κ2) is 6.07. The summed E-state index contributed by atoms with van der Waals surface area (Å²) in [4.78, 5) is 37.1. The Morgan fingerprint density at radius 1 is 1.17 bits per heavy atom. The number of rotatable bonds is 3. The average Bonchev–Trinajstić information content (AvgIpc) is 2.80. The molecule has 3 rings (SSSR count). The predicted octanol–water partition coefficient (Wildman–Crippen LogP) is 2.54. The van der Waals surface area contributed by atoms with Crippen molar-refractivity contribution in [1.29, 1.82) is 0 Å². The maximum atomic E-state index is 14.5. The lowest BCUT2D eigenvalue weighted by atomic mass is 9.93. The first kappa shape index (κ1) is 16.2. The van der Waals surface area contributed by atoms with Crippen LogP contribution in [0.1, 0.15) is 32.6 Å². The molecule has 0 saturated heterocycles. The lowest BCUT2D eigenvalue weighted by molar-refractivity contribution is -0.120. The number of amides is 3. The van der Waals surface area contributed by atoms with Crippen LogP contribution in [-0.4, -0.2) is 24.8 Å². The van der Waals surface area contributed by atoms with E-state index in [0.29, 0.717) is 24.0 Å². The summed E-state index contributed by atoms with van der Waals surface area (Å²) in [6, 6.07) is 2.31. The lowest BCUT2D eigenvalue weighted by Gasteiger charge is -2.18. The molecule has 3 amide bonds. The van der Waals surface area contributed by atoms with E-state index in [-0.39, 0.29) is 23.0 Å². The molecular weight excluding hydrogens is 315 g/mol. The number of ether oxygens (including phenoxy) is 1. The smallest absolute Gasteiger partial charge is 0.261 e. The van der Waals surface area contributed by atoms with E-state index in [1.807, 2.05) is 0 Å². The molecule has 1 aromatic rings. The SMILES string of the molecule is COc1cc(N2C(=O)C3=C(CCCC3)C2=O)c(F)cc1NC(C)=O. The average molecular weight is 332 g/mol. The zero-order chi connectivity index (χ0) is 17.4. The topological polar surface area (TPSA) is 75.7 Å². The molecule has 0 fully saturated rings. The Morgan fingerprint density at radius 3 is 2.25 bits per heavy atom. The van der Waals surface area contributed by atoms with Crippen LogP contribution in [0.3, 0.4) is 0 Å². The zero-order valence-electron chi connectivity index (χ0n) is 13.4. The van der Waals surface area contributed by atoms with Crippen molar-refractivity contribution in [3.8, 4) is 5.75 Å². The van der Waals surface area contributed by atoms with E-state index in [1.165, 1.54) is 20.1 Å². The van der Waals surface area contributed by atoms with Crippen molar-refractivity contribution in [2.75, 3.05) is 17.3 Å². The summed E-state index contributed by atoms with van der Waals surface area (Å²) in [6.07, 6.45) is 2.77. The number of imide groups is 1. The van der Waals surface area contributed by atoms with Crippen molar-refractivity contribution in [2.24, 2.45) is 0 Å². The maximum absolute atomic E-state index is 14.5. The highest BCUT2D eigenvalue weighted by Crippen LogP contribution is 2.39. The number of halogens is 1. The molecule has 6 nitrogen and oxygen atoms in total. The molecule has 0 radical (unpaired) electrons. The summed E-state index contributed by atoms with van der Waals surface area (Å²) in [5, 5.41) is 2.45. The molecule has 1 aliphatic heterocycles. The summed E-state index contributed by atoms with van der Waals surface area (Å²) < 4.78 is 19.7. The number of methoxy groups -OCH3 is 1. The van der Waals surface area contributed by atoms with Crippen LogP contribution in [0.4, 0.5) is 15.8 Å². The van der Waals surface area contributed by atoms with Gasteiger partial charge in [-0.15, -0.1) is 0 Å². The van der Waals surface area contributed by atoms with Gasteiger partial charge in [0, 0.05) is 30.2 Å². The Balaban J connectivity index is 2.03. The molecule has 0 unspecified atom stereocenters. The molecule has 2 aliphatic rings. The first-order chi connectivity index (χ1) is 11.4. The molecule has 7 heteroatoms. The van der Waals surface area contributed by atoms with E-state index in [2.05, 4.69) is 5.32 Å². The van der Waals surface area contributed by atoms with Gasteiger partial charge in [0.25, 0.3) is 11.8 Å². The third-order valence-corrected chi connectivity index (χ3v) is 4.21. The minimum atomic E-state index is -0.777. The summed E-state index contributed by atoms with van der Waals surface area (Å²) in [7, 11) is 1.36. The molecule has 1 N–H and O–H groups in total. The predicted molar refractivity (Wildman–Crippen MR) is 85.2 cm³/mol. The highest BCUT2D eigenvalue weighted by Gasteiger charge is 2.41. The molecule has 0 spiro atoms. The monoisotopic (exact) mass is 332 g/mol. The molecule has 0 bridgehead atoms. The number of carbonyl (C=O) groups excluding carboxylic acids is 3. The van der Waals surface area contributed by atoms with E-state index in [0.717, 1.165) is 23.8 Å². The van der Waals surface area contributed by atoms with Crippen LogP contribution in [0.15, 0.2) is 23.3 Å². The van der Waals surface area contributed by atoms with E-state index in [1.54, 1.807) is 0 Å². The van der Waals surface area contributed by atoms with Gasteiger partial charge in [-0.1, -0.05) is 0 Å². The fourth-order valence-electron chi connectivity index (χ4n) is 3.13. The number of hydrogen-bond acceptors (Lipinski definition) is 4. The second-order valence-electron chi connectivity index (χ2n) is 5.80. The van der Waals surface area contributed by atoms with Gasteiger partial charge in [0.15, 0.2) is 0 Å². The highest BCUT2D eigenvalue weighted by atomic mass is 19.1. The minimum absolute atomic E-state index is 0.142. The molecule has 1 aliphatic carbocycles. The number of carbonyl (C=O) groups is 3. The van der Waals surface area contributed by atoms with Crippen LogP contribution in [0, 0.1) is 5.82 Å². The molecule has 0 saturated carbocycles. The number of nitrogens with one attached hydrogen (secondary N) is 1. The fraction of sp³-hybridized carbons (Fsp3) is 0.353. The molecule has 1 aromatic carbocycles. The van der Waals surface area contributed by atoms with Crippen LogP contribution in [-0.2, 0) is 14.4 Å². The zero-order valence-corrected chi connectivity index (χ0v) is 13.4. The van der Waals surface area contributed by atoms with Crippen molar-refractivity contribution < 1.29 is 23.5 Å². The van der Waals surface area contributed by atoms with Gasteiger partial charge in [0.05, 0.1) is 18.5 Å². The van der Waals surface area contributed by atoms with Gasteiger partial charge in [0.2, 0.25) is 5.91 Å². The fourth-order valence-corrected chi connectivity index (χ4v) is 3.13. The number of benzene rings is 1. The second-order valence-corrected chi connectivity index (χ2v) is 5.80. The summed E-state index contributed by atoms with van der Waals surface area (Å²) in [6.45, 7) is 1.29. The van der Waals surface area contributed by atoms with Crippen LogP contribution in [0.2, 0.25) is 0 Å². The molecule has 24 heavy (non-hydrogen) atoms. The molecule has 126 valence electrons. The Morgan fingerprint density at radius 2 is 1.75 bits per heavy atom. The maximum Gasteiger partial charge on any atom is 0.261 e. The minimum Gasteiger partial charge on any atom is -0.494 e. The Labute approximate surface area is 138 Å². The molecular formula is C17H17FN2O4. The largest absolute Gasteiger partial charge is 0.494 e. The highest BCUT2D eigenvalue weighted by molar-refractivity contribution is 6.33. The van der Waals surface area contributed by atoms with Crippen LogP contribution in [0.25, 0.3) is 0 Å². The normalized spacial score (nSPS) is 17.2. The van der Waals surface area contributed by atoms with Gasteiger partial charge in [-0.2, -0.15) is 0 Å². The summed E-state index contributed by atoms with van der Waals surface area (Å²) in [5.74, 6) is -1.93. The number of hydrogen-bond donors (Lipinski definition) is 1. The quantitative estimate of drug-likeness (QED) is 0.863. The van der Waals surface area contributed by atoms with Crippen LogP contribution >= 0.6 is 0 Å². The van der Waals surface area contributed by atoms with E-state index in [9.17, 15) is 18.8 Å². The van der Waals surface area contributed by atoms with Gasteiger partial charge in [-0.25, -0.2) is 9.29 Å². The lowest BCUT2D eigenvalue weighted by Crippen LogP contribution is -2.32. The van der Waals surface area contributed by atoms with Crippen molar-refractivity contribution >= 4 is 29.1 Å². The Hall–Kier alpha value is -2.70. The molecule has 0 aromatic heterocycles. The standard InChI is InChI=1S/C17H17FN2O4/c1-9(21)19-13-7-12(18)14(8-15(13)24-2)20-16(22)10-5-3-4-6-11(10)17(20)23/h7-8H,3-6H2,1-2H3,(H,19,21). The summed E-state index contributed by atoms with van der Waals surface area (Å²) in [5.41, 5.74) is 0.944. The van der Waals surface area contributed by atoms with Gasteiger partial charge in [-0.05, 0) is 25.7 Å². The van der Waals surface area contributed by atoms with Gasteiger partial charge in [-0.3, -0.25) is 14.4 Å². The number of anilines is 2. The van der Waals surface area contributed by atoms with Gasteiger partial charge < -0.3 is 10.1 Å². The molecule has 1 heterocycles. The van der Waals surface area contributed by atoms with E-state index in [4.69, 9.17) is 4.74 Å². The van der Waals surface area contributed by atoms with Crippen LogP contribution < -0.4 is 15.0 Å². The third kappa shape index (κ3) is 2.55. The first-order valence-corrected chi connectivity index (χ1v) is 7.70. The summed E-state index contributed by atoms with van der Waals surface area (Å²) >= 11 is 0. The van der Waals surface area contributed by atoms with Crippen molar-refractivity contribution in [3.63, 3.8) is 0 Å². The van der Waals surface area contributed by atoms with Gasteiger partial charge in [0.1, 0.15) is 11.6 Å². The van der Waals surface area contributed by atoms with E-state index >= 15 is 0 Å². The van der Waals surface area contributed by atoms with Crippen molar-refractivity contribution in [2.45, 2.75) is 32.6 Å². The molecule has 0 atom stereocenters. The van der Waals surface area contributed by atoms with Crippen molar-refractivity contribution in [3.05, 3.63) is 29.1 Å².